The highest BCUT2D eigenvalue weighted by Crippen LogP contribution is 2.23. The van der Waals surface area contributed by atoms with Crippen molar-refractivity contribution in [2.45, 2.75) is 31.7 Å². The summed E-state index contributed by atoms with van der Waals surface area (Å²) in [6.07, 6.45) is 1.14. The Bertz CT molecular complexity index is 571. The molecule has 1 amide bonds. The number of benzene rings is 1. The third kappa shape index (κ3) is 3.72. The van der Waals surface area contributed by atoms with E-state index in [4.69, 9.17) is 0 Å². The molecule has 3 atom stereocenters. The predicted molar refractivity (Wildman–Crippen MR) is 88.9 cm³/mol. The molecule has 4 rings (SSSR count). The second-order valence-corrected chi connectivity index (χ2v) is 7.32. The molecule has 1 aromatic rings. The van der Waals surface area contributed by atoms with Crippen molar-refractivity contribution in [1.82, 2.24) is 15.1 Å². The summed E-state index contributed by atoms with van der Waals surface area (Å²) in [5.74, 6) is -0.136. The molecule has 3 fully saturated rings. The van der Waals surface area contributed by atoms with Crippen molar-refractivity contribution in [2.24, 2.45) is 0 Å². The number of piperazine rings is 1. The first kappa shape index (κ1) is 16.4. The lowest BCUT2D eigenvalue weighted by atomic mass is 9.84. The number of carbonyl (C=O) groups is 1. The summed E-state index contributed by atoms with van der Waals surface area (Å²) < 4.78 is 13.4. The van der Waals surface area contributed by atoms with Crippen LogP contribution in [0.15, 0.2) is 24.3 Å². The van der Waals surface area contributed by atoms with Crippen molar-refractivity contribution in [3.63, 3.8) is 0 Å². The third-order valence-corrected chi connectivity index (χ3v) is 5.11. The highest BCUT2D eigenvalue weighted by Gasteiger charge is 2.35. The summed E-state index contributed by atoms with van der Waals surface area (Å²) in [6, 6.07) is 6.58. The molecule has 2 bridgehead atoms. The third-order valence-electron chi connectivity index (χ3n) is 5.11. The molecule has 0 radical (unpaired) electrons. The van der Waals surface area contributed by atoms with Gasteiger partial charge in [-0.3, -0.25) is 14.6 Å². The maximum absolute atomic E-state index is 13.4. The van der Waals surface area contributed by atoms with Gasteiger partial charge < -0.3 is 5.32 Å². The van der Waals surface area contributed by atoms with Gasteiger partial charge in [0.15, 0.2) is 0 Å². The Kier molecular flexibility index (Phi) is 4.69. The van der Waals surface area contributed by atoms with E-state index in [-0.39, 0.29) is 23.2 Å². The maximum atomic E-state index is 13.4. The van der Waals surface area contributed by atoms with Gasteiger partial charge in [0.05, 0.1) is 0 Å². The van der Waals surface area contributed by atoms with Crippen LogP contribution in [0.4, 0.5) is 4.39 Å². The van der Waals surface area contributed by atoms with E-state index in [0.717, 1.165) is 44.7 Å². The normalized spacial score (nSPS) is 27.5. The van der Waals surface area contributed by atoms with Crippen LogP contribution in [0.3, 0.4) is 0 Å². The van der Waals surface area contributed by atoms with Crippen LogP contribution in [0.25, 0.3) is 0 Å². The molecule has 0 aromatic heterocycles. The first-order valence-corrected chi connectivity index (χ1v) is 8.46. The van der Waals surface area contributed by atoms with E-state index in [9.17, 15) is 9.18 Å². The molecule has 5 heteroatoms. The Morgan fingerprint density at radius 3 is 2.91 bits per heavy atom. The fraction of sp³-hybridized carbons (Fsp3) is 0.611. The molecule has 0 spiro atoms. The highest BCUT2D eigenvalue weighted by molar-refractivity contribution is 5.82. The molecule has 0 aliphatic carbocycles. The van der Waals surface area contributed by atoms with Crippen molar-refractivity contribution in [1.29, 1.82) is 0 Å². The number of nitrogens with zero attached hydrogens (tertiary/aromatic N) is 2. The summed E-state index contributed by atoms with van der Waals surface area (Å²) in [4.78, 5) is 17.3. The first-order valence-electron chi connectivity index (χ1n) is 8.46. The number of fused-ring (bicyclic) bond motifs is 4. The molecule has 23 heavy (non-hydrogen) atoms. The van der Waals surface area contributed by atoms with Crippen molar-refractivity contribution < 1.29 is 9.18 Å². The molecule has 3 aliphatic rings. The minimum absolute atomic E-state index is 0.0467. The molecular weight excluding hydrogens is 293 g/mol. The molecule has 0 saturated carbocycles. The lowest BCUT2D eigenvalue weighted by Crippen LogP contribution is -2.57. The van der Waals surface area contributed by atoms with Gasteiger partial charge in [-0.1, -0.05) is 26.0 Å². The Labute approximate surface area is 137 Å². The minimum atomic E-state index is -0.295. The zero-order valence-corrected chi connectivity index (χ0v) is 14.0. The van der Waals surface area contributed by atoms with E-state index in [1.165, 1.54) is 6.07 Å². The number of nitrogens with one attached hydrogen (secondary N) is 1. The monoisotopic (exact) mass is 319 g/mol. The fourth-order valence-corrected chi connectivity index (χ4v) is 3.53. The number of carbonyl (C=O) groups excluding carboxylic acids is 1. The number of rotatable bonds is 4. The van der Waals surface area contributed by atoms with Crippen LogP contribution in [0.5, 0.6) is 0 Å². The Balaban J connectivity index is 1.62. The van der Waals surface area contributed by atoms with Gasteiger partial charge in [-0.25, -0.2) is 4.39 Å². The minimum Gasteiger partial charge on any atom is -0.354 e. The number of hydrogen-bond acceptors (Lipinski definition) is 3. The standard InChI is InChI=1S/C18H26FN3O/c1-18(2,14-5-3-6-15(19)11-14)13-20-17(23)16-12-21-7-4-8-22(16)10-9-21/h3,5-6,11,16H,4,7-10,12-13H2,1-2H3,(H,20,23)/t16-/m0/s1. The van der Waals surface area contributed by atoms with Crippen molar-refractivity contribution >= 4 is 5.91 Å². The Hall–Kier alpha value is -1.46. The van der Waals surface area contributed by atoms with Gasteiger partial charge in [0.1, 0.15) is 11.9 Å². The van der Waals surface area contributed by atoms with E-state index in [1.54, 1.807) is 12.1 Å². The van der Waals surface area contributed by atoms with Crippen molar-refractivity contribution in [3.05, 3.63) is 35.6 Å². The molecule has 4 nitrogen and oxygen atoms in total. The number of hydrogen-bond donors (Lipinski definition) is 1. The number of amides is 1. The van der Waals surface area contributed by atoms with Gasteiger partial charge in [-0.05, 0) is 30.7 Å². The van der Waals surface area contributed by atoms with E-state index in [0.29, 0.717) is 6.54 Å². The van der Waals surface area contributed by atoms with Crippen LogP contribution in [0.1, 0.15) is 25.8 Å². The molecule has 3 saturated heterocycles. The van der Waals surface area contributed by atoms with Crippen LogP contribution >= 0.6 is 0 Å². The molecule has 1 N–H and O–H groups in total. The van der Waals surface area contributed by atoms with Crippen LogP contribution in [0.2, 0.25) is 0 Å². The van der Waals surface area contributed by atoms with E-state index in [2.05, 4.69) is 15.1 Å². The lowest BCUT2D eigenvalue weighted by molar-refractivity contribution is -0.128. The van der Waals surface area contributed by atoms with Gasteiger partial charge >= 0.3 is 0 Å². The average molecular weight is 319 g/mol. The van der Waals surface area contributed by atoms with Crippen LogP contribution in [-0.2, 0) is 10.2 Å². The molecular formula is C18H26FN3O. The highest BCUT2D eigenvalue weighted by atomic mass is 19.1. The average Bonchev–Trinajstić information content (AvgIpc) is 2.88. The largest absolute Gasteiger partial charge is 0.354 e. The van der Waals surface area contributed by atoms with Gasteiger partial charge in [-0.2, -0.15) is 0 Å². The second kappa shape index (κ2) is 6.57. The summed E-state index contributed by atoms with van der Waals surface area (Å²) in [6.45, 7) is 9.54. The van der Waals surface area contributed by atoms with Crippen LogP contribution < -0.4 is 5.32 Å². The Morgan fingerprint density at radius 1 is 1.30 bits per heavy atom. The van der Waals surface area contributed by atoms with Crippen LogP contribution in [-0.4, -0.2) is 61.0 Å². The van der Waals surface area contributed by atoms with Gasteiger partial charge in [0.2, 0.25) is 5.91 Å². The smallest absolute Gasteiger partial charge is 0.238 e. The zero-order valence-electron chi connectivity index (χ0n) is 14.0. The molecule has 3 heterocycles. The molecule has 3 aliphatic heterocycles. The SMILES string of the molecule is CC(C)(CNC(=O)[C@@H]1CN2CCCN1CC2)c1cccc(F)c1. The quantitative estimate of drug-likeness (QED) is 0.916. The van der Waals surface area contributed by atoms with Gasteiger partial charge in [0, 0.05) is 38.1 Å². The van der Waals surface area contributed by atoms with Crippen LogP contribution in [0, 0.1) is 5.82 Å². The van der Waals surface area contributed by atoms with Crippen molar-refractivity contribution in [2.75, 3.05) is 39.3 Å². The van der Waals surface area contributed by atoms with Gasteiger partial charge in [-0.15, -0.1) is 0 Å². The van der Waals surface area contributed by atoms with E-state index in [1.807, 2.05) is 19.9 Å². The van der Waals surface area contributed by atoms with Gasteiger partial charge in [0.25, 0.3) is 0 Å². The summed E-state index contributed by atoms with van der Waals surface area (Å²) in [7, 11) is 0. The first-order chi connectivity index (χ1) is 11.0. The van der Waals surface area contributed by atoms with E-state index < -0.39 is 0 Å². The topological polar surface area (TPSA) is 35.6 Å². The molecule has 126 valence electrons. The molecule has 1 aromatic carbocycles. The predicted octanol–water partition coefficient (Wildman–Crippen LogP) is 1.61. The summed E-state index contributed by atoms with van der Waals surface area (Å²) in [5, 5.41) is 3.09. The number of halogens is 1. The summed E-state index contributed by atoms with van der Waals surface area (Å²) in [5.41, 5.74) is 0.612. The molecule has 2 unspecified atom stereocenters. The zero-order chi connectivity index (χ0) is 16.4. The fourth-order valence-electron chi connectivity index (χ4n) is 3.53. The van der Waals surface area contributed by atoms with E-state index >= 15 is 0 Å². The second-order valence-electron chi connectivity index (χ2n) is 7.32. The van der Waals surface area contributed by atoms with Crippen molar-refractivity contribution in [3.8, 4) is 0 Å². The Morgan fingerprint density at radius 2 is 2.13 bits per heavy atom. The maximum Gasteiger partial charge on any atom is 0.238 e. The lowest BCUT2D eigenvalue weighted by Gasteiger charge is -2.37. The summed E-state index contributed by atoms with van der Waals surface area (Å²) >= 11 is 0.